The van der Waals surface area contributed by atoms with Crippen molar-refractivity contribution in [2.24, 2.45) is 0 Å². The highest BCUT2D eigenvalue weighted by Crippen LogP contribution is 2.24. The maximum Gasteiger partial charge on any atom is 0.257 e. The topological polar surface area (TPSA) is 61.8 Å². The summed E-state index contributed by atoms with van der Waals surface area (Å²) in [6.45, 7) is 1.67. The van der Waals surface area contributed by atoms with E-state index in [4.69, 9.17) is 4.74 Å². The number of phenolic OH excluding ortho intramolecular Hbond substituents is 1. The Balaban J connectivity index is 2.05. The van der Waals surface area contributed by atoms with Crippen LogP contribution in [-0.4, -0.2) is 49.2 Å². The lowest BCUT2D eigenvalue weighted by Gasteiger charge is -2.22. The van der Waals surface area contributed by atoms with Gasteiger partial charge in [-0.3, -0.25) is 4.79 Å². The molecule has 1 aliphatic heterocycles. The van der Waals surface area contributed by atoms with Crippen LogP contribution in [0, 0.1) is 0 Å². The SMILES string of the molecule is COc1ccc(C(=O)N(C)CC2CCCN2)c(O)c1. The third kappa shape index (κ3) is 3.17. The number of methoxy groups -OCH3 is 1. The van der Waals surface area contributed by atoms with E-state index < -0.39 is 0 Å². The van der Waals surface area contributed by atoms with Crippen molar-refractivity contribution in [2.75, 3.05) is 27.2 Å². The summed E-state index contributed by atoms with van der Waals surface area (Å²) in [6.07, 6.45) is 2.24. The Morgan fingerprint density at radius 2 is 2.37 bits per heavy atom. The second kappa shape index (κ2) is 5.93. The van der Waals surface area contributed by atoms with Crippen LogP contribution in [-0.2, 0) is 0 Å². The Morgan fingerprint density at radius 3 is 2.95 bits per heavy atom. The molecule has 1 amide bonds. The molecule has 0 aliphatic carbocycles. The number of nitrogens with one attached hydrogen (secondary N) is 1. The fourth-order valence-corrected chi connectivity index (χ4v) is 2.35. The number of nitrogens with zero attached hydrogens (tertiary/aromatic N) is 1. The molecule has 1 saturated heterocycles. The van der Waals surface area contributed by atoms with Crippen LogP contribution < -0.4 is 10.1 Å². The molecule has 2 N–H and O–H groups in total. The van der Waals surface area contributed by atoms with Gasteiger partial charge in [0.2, 0.25) is 0 Å². The summed E-state index contributed by atoms with van der Waals surface area (Å²) in [4.78, 5) is 13.9. The van der Waals surface area contributed by atoms with Gasteiger partial charge in [-0.25, -0.2) is 0 Å². The number of hydrogen-bond donors (Lipinski definition) is 2. The van der Waals surface area contributed by atoms with Crippen LogP contribution in [0.4, 0.5) is 0 Å². The number of likely N-dealkylation sites (N-methyl/N-ethyl adjacent to an activating group) is 1. The molecule has 1 fully saturated rings. The van der Waals surface area contributed by atoms with E-state index in [2.05, 4.69) is 5.32 Å². The van der Waals surface area contributed by atoms with Gasteiger partial charge in [0.25, 0.3) is 5.91 Å². The van der Waals surface area contributed by atoms with Crippen LogP contribution in [0.5, 0.6) is 11.5 Å². The van der Waals surface area contributed by atoms with Gasteiger partial charge < -0.3 is 20.1 Å². The molecule has 1 aliphatic rings. The minimum Gasteiger partial charge on any atom is -0.507 e. The summed E-state index contributed by atoms with van der Waals surface area (Å²) in [5, 5.41) is 13.2. The maximum absolute atomic E-state index is 12.3. The number of ether oxygens (including phenoxy) is 1. The first-order valence-electron chi connectivity index (χ1n) is 6.47. The predicted octanol–water partition coefficient (Wildman–Crippen LogP) is 1.22. The van der Waals surface area contributed by atoms with E-state index >= 15 is 0 Å². The first-order chi connectivity index (χ1) is 9.11. The molecule has 104 valence electrons. The minimum atomic E-state index is -0.172. The van der Waals surface area contributed by atoms with Crippen molar-refractivity contribution in [1.29, 1.82) is 0 Å². The molecule has 5 nitrogen and oxygen atoms in total. The number of benzene rings is 1. The summed E-state index contributed by atoms with van der Waals surface area (Å²) >= 11 is 0. The molecule has 2 rings (SSSR count). The molecule has 1 aromatic rings. The maximum atomic E-state index is 12.3. The van der Waals surface area contributed by atoms with E-state index in [0.29, 0.717) is 23.9 Å². The highest BCUT2D eigenvalue weighted by Gasteiger charge is 2.21. The van der Waals surface area contributed by atoms with Crippen molar-refractivity contribution in [3.05, 3.63) is 23.8 Å². The zero-order valence-electron chi connectivity index (χ0n) is 11.3. The molecule has 0 saturated carbocycles. The van der Waals surface area contributed by atoms with E-state index in [1.807, 2.05) is 0 Å². The molecule has 1 aromatic carbocycles. The Kier molecular flexibility index (Phi) is 4.27. The number of hydrogen-bond acceptors (Lipinski definition) is 4. The largest absolute Gasteiger partial charge is 0.507 e. The normalized spacial score (nSPS) is 18.3. The Bertz CT molecular complexity index is 456. The third-order valence-electron chi connectivity index (χ3n) is 3.44. The van der Waals surface area contributed by atoms with E-state index in [0.717, 1.165) is 19.4 Å². The predicted molar refractivity (Wildman–Crippen MR) is 72.6 cm³/mol. The summed E-state index contributed by atoms with van der Waals surface area (Å²) in [6, 6.07) is 5.08. The highest BCUT2D eigenvalue weighted by atomic mass is 16.5. The molecular formula is C14H20N2O3. The Hall–Kier alpha value is -1.75. The van der Waals surface area contributed by atoms with E-state index in [1.165, 1.54) is 13.2 Å². The van der Waals surface area contributed by atoms with Crippen LogP contribution >= 0.6 is 0 Å². The first-order valence-corrected chi connectivity index (χ1v) is 6.47. The lowest BCUT2D eigenvalue weighted by molar-refractivity contribution is 0.0781. The molecule has 1 unspecified atom stereocenters. The van der Waals surface area contributed by atoms with Crippen molar-refractivity contribution < 1.29 is 14.6 Å². The molecule has 0 spiro atoms. The summed E-state index contributed by atoms with van der Waals surface area (Å²) in [7, 11) is 3.28. The van der Waals surface area contributed by atoms with Crippen LogP contribution in [0.3, 0.4) is 0 Å². The number of amides is 1. The summed E-state index contributed by atoms with van der Waals surface area (Å²) in [5.74, 6) is 0.318. The second-order valence-corrected chi connectivity index (χ2v) is 4.86. The van der Waals surface area contributed by atoms with Crippen LogP contribution in [0.1, 0.15) is 23.2 Å². The quantitative estimate of drug-likeness (QED) is 0.858. The van der Waals surface area contributed by atoms with E-state index in [9.17, 15) is 9.90 Å². The van der Waals surface area contributed by atoms with Gasteiger partial charge in [-0.05, 0) is 31.5 Å². The zero-order valence-corrected chi connectivity index (χ0v) is 11.3. The molecule has 0 aromatic heterocycles. The van der Waals surface area contributed by atoms with Gasteiger partial charge in [0.1, 0.15) is 11.5 Å². The van der Waals surface area contributed by atoms with Crippen LogP contribution in [0.2, 0.25) is 0 Å². The van der Waals surface area contributed by atoms with Gasteiger partial charge in [0.05, 0.1) is 12.7 Å². The third-order valence-corrected chi connectivity index (χ3v) is 3.44. The van der Waals surface area contributed by atoms with Crippen LogP contribution in [0.15, 0.2) is 18.2 Å². The zero-order chi connectivity index (χ0) is 13.8. The molecule has 0 radical (unpaired) electrons. The lowest BCUT2D eigenvalue weighted by Crippen LogP contribution is -2.38. The summed E-state index contributed by atoms with van der Waals surface area (Å²) < 4.78 is 5.00. The molecule has 5 heteroatoms. The minimum absolute atomic E-state index is 0.0458. The molecular weight excluding hydrogens is 244 g/mol. The summed E-state index contributed by atoms with van der Waals surface area (Å²) in [5.41, 5.74) is 0.307. The van der Waals surface area contributed by atoms with Crippen molar-refractivity contribution >= 4 is 5.91 Å². The number of carbonyl (C=O) groups excluding carboxylic acids is 1. The monoisotopic (exact) mass is 264 g/mol. The Morgan fingerprint density at radius 1 is 1.58 bits per heavy atom. The van der Waals surface area contributed by atoms with Gasteiger partial charge >= 0.3 is 0 Å². The standard InChI is InChI=1S/C14H20N2O3/c1-16(9-10-4-3-7-15-10)14(18)12-6-5-11(19-2)8-13(12)17/h5-6,8,10,15,17H,3-4,7,9H2,1-2H3. The van der Waals surface area contributed by atoms with Crippen molar-refractivity contribution in [3.63, 3.8) is 0 Å². The average molecular weight is 264 g/mol. The lowest BCUT2D eigenvalue weighted by atomic mass is 10.1. The molecule has 0 bridgehead atoms. The van der Waals surface area contributed by atoms with Crippen molar-refractivity contribution in [1.82, 2.24) is 10.2 Å². The Labute approximate surface area is 113 Å². The number of aromatic hydroxyl groups is 1. The second-order valence-electron chi connectivity index (χ2n) is 4.86. The van der Waals surface area contributed by atoms with Crippen molar-refractivity contribution in [2.45, 2.75) is 18.9 Å². The van der Waals surface area contributed by atoms with Gasteiger partial charge in [-0.1, -0.05) is 0 Å². The average Bonchev–Trinajstić information content (AvgIpc) is 2.90. The van der Waals surface area contributed by atoms with Gasteiger partial charge in [0.15, 0.2) is 0 Å². The molecule has 1 atom stereocenters. The van der Waals surface area contributed by atoms with E-state index in [1.54, 1.807) is 24.1 Å². The van der Waals surface area contributed by atoms with Gasteiger partial charge in [0, 0.05) is 25.7 Å². The highest BCUT2D eigenvalue weighted by molar-refractivity contribution is 5.96. The number of rotatable bonds is 4. The van der Waals surface area contributed by atoms with Gasteiger partial charge in [-0.15, -0.1) is 0 Å². The fraction of sp³-hybridized carbons (Fsp3) is 0.500. The fourth-order valence-electron chi connectivity index (χ4n) is 2.35. The van der Waals surface area contributed by atoms with Gasteiger partial charge in [-0.2, -0.15) is 0 Å². The van der Waals surface area contributed by atoms with Crippen molar-refractivity contribution in [3.8, 4) is 11.5 Å². The molecule has 1 heterocycles. The van der Waals surface area contributed by atoms with Crippen LogP contribution in [0.25, 0.3) is 0 Å². The molecule has 19 heavy (non-hydrogen) atoms. The number of phenols is 1. The number of carbonyl (C=O) groups is 1. The smallest absolute Gasteiger partial charge is 0.257 e. The first kappa shape index (κ1) is 13.7. The van der Waals surface area contributed by atoms with E-state index in [-0.39, 0.29) is 11.7 Å².